The van der Waals surface area contributed by atoms with Crippen LogP contribution in [0.4, 0.5) is 0 Å². The molecule has 0 bridgehead atoms. The van der Waals surface area contributed by atoms with Crippen LogP contribution in [0.2, 0.25) is 0 Å². The predicted molar refractivity (Wildman–Crippen MR) is 71.1 cm³/mol. The molecule has 2 rings (SSSR count). The summed E-state index contributed by atoms with van der Waals surface area (Å²) in [7, 11) is 0. The van der Waals surface area contributed by atoms with Crippen molar-refractivity contribution in [2.75, 3.05) is 13.2 Å². The molecule has 1 aliphatic heterocycles. The number of rotatable bonds is 5. The first-order valence-electron chi connectivity index (χ1n) is 6.70. The van der Waals surface area contributed by atoms with Crippen LogP contribution in [0, 0.1) is 0 Å². The van der Waals surface area contributed by atoms with E-state index in [9.17, 15) is 20.4 Å². The smallest absolute Gasteiger partial charge is 0.187 e. The fraction of sp³-hybridized carbons (Fsp3) is 0.571. The third kappa shape index (κ3) is 3.58. The van der Waals surface area contributed by atoms with Crippen LogP contribution in [0.15, 0.2) is 30.3 Å². The van der Waals surface area contributed by atoms with E-state index in [0.29, 0.717) is 5.56 Å². The van der Waals surface area contributed by atoms with Gasteiger partial charge in [-0.2, -0.15) is 0 Å². The van der Waals surface area contributed by atoms with Gasteiger partial charge in [0.25, 0.3) is 0 Å². The van der Waals surface area contributed by atoms with Crippen LogP contribution in [-0.2, 0) is 9.47 Å². The molecule has 0 amide bonds. The molecule has 7 heteroatoms. The zero-order chi connectivity index (χ0) is 15.4. The van der Waals surface area contributed by atoms with Crippen LogP contribution in [-0.4, -0.2) is 69.5 Å². The molecular formula is C14H20O7. The lowest BCUT2D eigenvalue weighted by Gasteiger charge is -2.40. The summed E-state index contributed by atoms with van der Waals surface area (Å²) in [5.74, 6) is 0. The number of hydrogen-bond acceptors (Lipinski definition) is 7. The van der Waals surface area contributed by atoms with Gasteiger partial charge < -0.3 is 35.0 Å². The van der Waals surface area contributed by atoms with E-state index >= 15 is 0 Å². The molecule has 1 aliphatic rings. The standard InChI is InChI=1S/C14H20O7/c15-6-9(8-4-2-1-3-5-8)20-14-13(19)12(18)11(17)10(7-16)21-14/h1-5,9-19H,6-7H2. The molecule has 5 N–H and O–H groups in total. The van der Waals surface area contributed by atoms with Crippen molar-refractivity contribution in [3.05, 3.63) is 35.9 Å². The summed E-state index contributed by atoms with van der Waals surface area (Å²) >= 11 is 0. The van der Waals surface area contributed by atoms with E-state index in [1.54, 1.807) is 24.3 Å². The molecule has 118 valence electrons. The fourth-order valence-corrected chi connectivity index (χ4v) is 2.24. The molecule has 21 heavy (non-hydrogen) atoms. The van der Waals surface area contributed by atoms with E-state index < -0.39 is 43.4 Å². The van der Waals surface area contributed by atoms with Crippen molar-refractivity contribution in [1.29, 1.82) is 0 Å². The van der Waals surface area contributed by atoms with E-state index in [1.165, 1.54) is 0 Å². The molecule has 0 radical (unpaired) electrons. The van der Waals surface area contributed by atoms with E-state index in [-0.39, 0.29) is 6.61 Å². The predicted octanol–water partition coefficient (Wildman–Crippen LogP) is -1.46. The average molecular weight is 300 g/mol. The van der Waals surface area contributed by atoms with E-state index in [2.05, 4.69) is 0 Å². The van der Waals surface area contributed by atoms with Crippen LogP contribution >= 0.6 is 0 Å². The average Bonchev–Trinajstić information content (AvgIpc) is 2.53. The Kier molecular flexibility index (Phi) is 5.65. The van der Waals surface area contributed by atoms with E-state index in [0.717, 1.165) is 0 Å². The van der Waals surface area contributed by atoms with Crippen molar-refractivity contribution in [3.63, 3.8) is 0 Å². The van der Waals surface area contributed by atoms with Gasteiger partial charge >= 0.3 is 0 Å². The van der Waals surface area contributed by atoms with Crippen LogP contribution in [0.1, 0.15) is 11.7 Å². The summed E-state index contributed by atoms with van der Waals surface area (Å²) < 4.78 is 10.7. The molecule has 0 aliphatic carbocycles. The molecule has 1 fully saturated rings. The molecule has 0 spiro atoms. The van der Waals surface area contributed by atoms with Gasteiger partial charge in [0.1, 0.15) is 30.5 Å². The molecule has 6 atom stereocenters. The SMILES string of the molecule is OCC(OC1OC(CO)C(O)C(O)C1O)c1ccccc1. The molecule has 0 aromatic heterocycles. The van der Waals surface area contributed by atoms with Crippen molar-refractivity contribution < 1.29 is 35.0 Å². The zero-order valence-electron chi connectivity index (χ0n) is 11.3. The normalized spacial score (nSPS) is 34.6. The molecule has 6 unspecified atom stereocenters. The Hall–Kier alpha value is -1.06. The number of hydrogen-bond donors (Lipinski definition) is 5. The number of aliphatic hydroxyl groups excluding tert-OH is 5. The topological polar surface area (TPSA) is 120 Å². The summed E-state index contributed by atoms with van der Waals surface area (Å²) in [5, 5.41) is 47.8. The maximum Gasteiger partial charge on any atom is 0.187 e. The Balaban J connectivity index is 2.09. The second-order valence-corrected chi connectivity index (χ2v) is 4.92. The Morgan fingerprint density at radius 1 is 1.00 bits per heavy atom. The summed E-state index contributed by atoms with van der Waals surface area (Å²) in [6.45, 7) is -0.876. The first-order chi connectivity index (χ1) is 10.1. The lowest BCUT2D eigenvalue weighted by atomic mass is 9.99. The van der Waals surface area contributed by atoms with Crippen molar-refractivity contribution in [2.45, 2.75) is 36.8 Å². The number of aliphatic hydroxyl groups is 5. The Labute approximate surface area is 122 Å². The molecular weight excluding hydrogens is 280 g/mol. The highest BCUT2D eigenvalue weighted by Gasteiger charge is 2.44. The Morgan fingerprint density at radius 3 is 2.24 bits per heavy atom. The molecule has 1 heterocycles. The van der Waals surface area contributed by atoms with Gasteiger partial charge in [-0.15, -0.1) is 0 Å². The van der Waals surface area contributed by atoms with Gasteiger partial charge in [-0.25, -0.2) is 0 Å². The van der Waals surface area contributed by atoms with Crippen LogP contribution in [0.3, 0.4) is 0 Å². The Morgan fingerprint density at radius 2 is 1.67 bits per heavy atom. The molecule has 1 saturated heterocycles. The summed E-state index contributed by atoms with van der Waals surface area (Å²) in [6.07, 6.45) is -7.49. The van der Waals surface area contributed by atoms with Gasteiger partial charge in [0.15, 0.2) is 6.29 Å². The van der Waals surface area contributed by atoms with Crippen LogP contribution < -0.4 is 0 Å². The maximum atomic E-state index is 9.89. The molecule has 1 aromatic carbocycles. The first kappa shape index (κ1) is 16.3. The van der Waals surface area contributed by atoms with Crippen molar-refractivity contribution >= 4 is 0 Å². The minimum absolute atomic E-state index is 0.348. The fourth-order valence-electron chi connectivity index (χ4n) is 2.24. The van der Waals surface area contributed by atoms with Crippen LogP contribution in [0.5, 0.6) is 0 Å². The summed E-state index contributed by atoms with van der Waals surface area (Å²) in [4.78, 5) is 0. The second-order valence-electron chi connectivity index (χ2n) is 4.92. The van der Waals surface area contributed by atoms with E-state index in [1.807, 2.05) is 6.07 Å². The second kappa shape index (κ2) is 7.28. The van der Waals surface area contributed by atoms with Gasteiger partial charge in [-0.3, -0.25) is 0 Å². The zero-order valence-corrected chi connectivity index (χ0v) is 11.3. The van der Waals surface area contributed by atoms with Gasteiger partial charge in [-0.05, 0) is 5.56 Å². The van der Waals surface area contributed by atoms with E-state index in [4.69, 9.17) is 14.6 Å². The minimum Gasteiger partial charge on any atom is -0.394 e. The third-order valence-electron chi connectivity index (χ3n) is 3.48. The number of benzene rings is 1. The Bertz CT molecular complexity index is 425. The quantitative estimate of drug-likeness (QED) is 0.450. The molecule has 1 aromatic rings. The monoisotopic (exact) mass is 300 g/mol. The minimum atomic E-state index is -1.50. The first-order valence-corrected chi connectivity index (χ1v) is 6.70. The maximum absolute atomic E-state index is 9.89. The lowest BCUT2D eigenvalue weighted by Crippen LogP contribution is -2.59. The van der Waals surface area contributed by atoms with Gasteiger partial charge in [0, 0.05) is 0 Å². The molecule has 7 nitrogen and oxygen atoms in total. The summed E-state index contributed by atoms with van der Waals surface area (Å²) in [5.41, 5.74) is 0.678. The number of ether oxygens (including phenoxy) is 2. The van der Waals surface area contributed by atoms with Gasteiger partial charge in [-0.1, -0.05) is 30.3 Å². The van der Waals surface area contributed by atoms with Crippen LogP contribution in [0.25, 0.3) is 0 Å². The molecule has 0 saturated carbocycles. The lowest BCUT2D eigenvalue weighted by molar-refractivity contribution is -0.314. The highest BCUT2D eigenvalue weighted by atomic mass is 16.7. The highest BCUT2D eigenvalue weighted by Crippen LogP contribution is 2.27. The van der Waals surface area contributed by atoms with Gasteiger partial charge in [0.05, 0.1) is 13.2 Å². The van der Waals surface area contributed by atoms with Crippen molar-refractivity contribution in [2.24, 2.45) is 0 Å². The van der Waals surface area contributed by atoms with Crippen molar-refractivity contribution in [3.8, 4) is 0 Å². The van der Waals surface area contributed by atoms with Gasteiger partial charge in [0.2, 0.25) is 0 Å². The van der Waals surface area contributed by atoms with Crippen molar-refractivity contribution in [1.82, 2.24) is 0 Å². The summed E-state index contributed by atoms with van der Waals surface area (Å²) in [6, 6.07) is 8.84. The largest absolute Gasteiger partial charge is 0.394 e. The highest BCUT2D eigenvalue weighted by molar-refractivity contribution is 5.17. The third-order valence-corrected chi connectivity index (χ3v) is 3.48.